The summed E-state index contributed by atoms with van der Waals surface area (Å²) in [7, 11) is 0. The van der Waals surface area contributed by atoms with Crippen LogP contribution in [-0.2, 0) is 0 Å². The van der Waals surface area contributed by atoms with Crippen LogP contribution in [-0.4, -0.2) is 4.57 Å². The molecule has 0 aliphatic heterocycles. The van der Waals surface area contributed by atoms with Crippen LogP contribution < -0.4 is 4.90 Å². The Kier molecular flexibility index (Phi) is 8.17. The molecule has 0 bridgehead atoms. The standard InChI is InChI=1S/C58H38N2O/c1-3-15-40(16-4-1)46-24-13-17-41-18-14-25-51(58(41)46)48-22-8-10-26-53(48)59(45-34-36-57-52(38-45)50-23-9-12-28-56(50)61-57)44-32-29-39(30-33-44)42-31-35-49-47-21-7-11-27-54(47)60(55(49)37-42)43-19-5-2-6-20-43/h1-38H. The van der Waals surface area contributed by atoms with E-state index in [-0.39, 0.29) is 0 Å². The van der Waals surface area contributed by atoms with E-state index in [1.54, 1.807) is 0 Å². The van der Waals surface area contributed by atoms with Gasteiger partial charge in [-0.1, -0.05) is 164 Å². The molecule has 0 fully saturated rings. The van der Waals surface area contributed by atoms with Crippen molar-refractivity contribution >= 4 is 71.6 Å². The molecule has 0 spiro atoms. The largest absolute Gasteiger partial charge is 0.456 e. The zero-order valence-corrected chi connectivity index (χ0v) is 33.2. The van der Waals surface area contributed by atoms with Gasteiger partial charge in [-0.3, -0.25) is 0 Å². The fraction of sp³-hybridized carbons (Fsp3) is 0. The predicted molar refractivity (Wildman–Crippen MR) is 257 cm³/mol. The van der Waals surface area contributed by atoms with Crippen molar-refractivity contribution in [2.45, 2.75) is 0 Å². The van der Waals surface area contributed by atoms with Crippen molar-refractivity contribution in [1.29, 1.82) is 0 Å². The maximum Gasteiger partial charge on any atom is 0.135 e. The van der Waals surface area contributed by atoms with Gasteiger partial charge in [-0.05, 0) is 105 Å². The number of anilines is 3. The third kappa shape index (κ3) is 5.82. The summed E-state index contributed by atoms with van der Waals surface area (Å²) in [4.78, 5) is 2.40. The Morgan fingerprint density at radius 1 is 0.344 bits per heavy atom. The molecule has 0 unspecified atom stereocenters. The normalized spacial score (nSPS) is 11.6. The molecule has 0 saturated carbocycles. The Balaban J connectivity index is 1.04. The van der Waals surface area contributed by atoms with Gasteiger partial charge in [0.15, 0.2) is 0 Å². The average Bonchev–Trinajstić information content (AvgIpc) is 3.87. The van der Waals surface area contributed by atoms with E-state index in [0.29, 0.717) is 0 Å². The lowest BCUT2D eigenvalue weighted by atomic mass is 9.90. The highest BCUT2D eigenvalue weighted by molar-refractivity contribution is 6.12. The first kappa shape index (κ1) is 34.9. The van der Waals surface area contributed by atoms with E-state index in [1.165, 1.54) is 54.8 Å². The number of benzene rings is 10. The average molecular weight is 779 g/mol. The highest BCUT2D eigenvalue weighted by Crippen LogP contribution is 2.46. The molecule has 0 radical (unpaired) electrons. The van der Waals surface area contributed by atoms with Gasteiger partial charge >= 0.3 is 0 Å². The van der Waals surface area contributed by atoms with Crippen LogP contribution in [0.4, 0.5) is 17.1 Å². The topological polar surface area (TPSA) is 21.3 Å². The number of furan rings is 1. The number of para-hydroxylation sites is 4. The summed E-state index contributed by atoms with van der Waals surface area (Å²) < 4.78 is 8.71. The zero-order chi connectivity index (χ0) is 40.3. The molecule has 0 aliphatic rings. The predicted octanol–water partition coefficient (Wildman–Crippen LogP) is 16.3. The Bertz CT molecular complexity index is 3580. The number of rotatable bonds is 7. The van der Waals surface area contributed by atoms with Gasteiger partial charge in [0.25, 0.3) is 0 Å². The van der Waals surface area contributed by atoms with Crippen molar-refractivity contribution in [3.63, 3.8) is 0 Å². The maximum atomic E-state index is 6.33. The van der Waals surface area contributed by atoms with Crippen LogP contribution in [0.5, 0.6) is 0 Å². The number of nitrogens with zero attached hydrogens (tertiary/aromatic N) is 2. The van der Waals surface area contributed by atoms with Crippen molar-refractivity contribution < 1.29 is 4.42 Å². The van der Waals surface area contributed by atoms with E-state index in [4.69, 9.17) is 4.42 Å². The zero-order valence-electron chi connectivity index (χ0n) is 33.2. The van der Waals surface area contributed by atoms with Gasteiger partial charge in [0.05, 0.1) is 16.7 Å². The quantitative estimate of drug-likeness (QED) is 0.161. The SMILES string of the molecule is c1ccc(-c2cccc3cccc(-c4ccccc4N(c4ccc(-c5ccc6c7ccccc7n(-c7ccccc7)c6c5)cc4)c4ccc5oc6ccccc6c5c4)c23)cc1. The van der Waals surface area contributed by atoms with Gasteiger partial charge in [0, 0.05) is 44.2 Å². The molecule has 12 aromatic rings. The third-order valence-electron chi connectivity index (χ3n) is 12.2. The molecular formula is C58H38N2O. The van der Waals surface area contributed by atoms with Crippen LogP contribution in [0.1, 0.15) is 0 Å². The second-order valence-corrected chi connectivity index (χ2v) is 15.7. The maximum absolute atomic E-state index is 6.33. The van der Waals surface area contributed by atoms with Crippen molar-refractivity contribution in [3.8, 4) is 39.1 Å². The Hall–Kier alpha value is -8.14. The minimum atomic E-state index is 0.874. The lowest BCUT2D eigenvalue weighted by Crippen LogP contribution is -2.11. The van der Waals surface area contributed by atoms with E-state index in [1.807, 2.05) is 12.1 Å². The van der Waals surface area contributed by atoms with Gasteiger partial charge < -0.3 is 13.9 Å². The number of hydrogen-bond donors (Lipinski definition) is 0. The van der Waals surface area contributed by atoms with Gasteiger partial charge in [-0.15, -0.1) is 0 Å². The molecule has 10 aromatic carbocycles. The summed E-state index contributed by atoms with van der Waals surface area (Å²) in [6.45, 7) is 0. The second kappa shape index (κ2) is 14.3. The van der Waals surface area contributed by atoms with E-state index < -0.39 is 0 Å². The van der Waals surface area contributed by atoms with Gasteiger partial charge in [0.1, 0.15) is 11.2 Å². The lowest BCUT2D eigenvalue weighted by Gasteiger charge is -2.28. The molecule has 0 saturated heterocycles. The van der Waals surface area contributed by atoms with Crippen molar-refractivity contribution in [2.24, 2.45) is 0 Å². The Morgan fingerprint density at radius 2 is 0.967 bits per heavy atom. The summed E-state index contributed by atoms with van der Waals surface area (Å²) in [5.41, 5.74) is 15.6. The minimum Gasteiger partial charge on any atom is -0.456 e. The summed E-state index contributed by atoms with van der Waals surface area (Å²) in [5, 5.41) is 7.13. The fourth-order valence-corrected chi connectivity index (χ4v) is 9.41. The highest BCUT2D eigenvalue weighted by Gasteiger charge is 2.21. The molecule has 12 rings (SSSR count). The molecule has 0 amide bonds. The van der Waals surface area contributed by atoms with Crippen molar-refractivity contribution in [1.82, 2.24) is 4.57 Å². The van der Waals surface area contributed by atoms with Gasteiger partial charge in [-0.25, -0.2) is 0 Å². The highest BCUT2D eigenvalue weighted by atomic mass is 16.3. The van der Waals surface area contributed by atoms with E-state index in [2.05, 4.69) is 228 Å². The molecule has 286 valence electrons. The van der Waals surface area contributed by atoms with E-state index >= 15 is 0 Å². The first-order valence-electron chi connectivity index (χ1n) is 20.8. The summed E-state index contributed by atoms with van der Waals surface area (Å²) in [6, 6.07) is 83.0. The monoisotopic (exact) mass is 778 g/mol. The number of hydrogen-bond acceptors (Lipinski definition) is 2. The molecule has 0 aliphatic carbocycles. The van der Waals surface area contributed by atoms with Crippen LogP contribution in [0.2, 0.25) is 0 Å². The fourth-order valence-electron chi connectivity index (χ4n) is 9.41. The second-order valence-electron chi connectivity index (χ2n) is 15.7. The van der Waals surface area contributed by atoms with Crippen LogP contribution in [0.25, 0.3) is 93.6 Å². The smallest absolute Gasteiger partial charge is 0.135 e. The molecular weight excluding hydrogens is 741 g/mol. The Labute approximate surface area is 353 Å². The molecule has 0 N–H and O–H groups in total. The Morgan fingerprint density at radius 3 is 1.80 bits per heavy atom. The van der Waals surface area contributed by atoms with Crippen molar-refractivity contribution in [2.75, 3.05) is 4.90 Å². The number of fused-ring (bicyclic) bond motifs is 7. The molecule has 3 heteroatoms. The summed E-state index contributed by atoms with van der Waals surface area (Å²) in [6.07, 6.45) is 0. The lowest BCUT2D eigenvalue weighted by molar-refractivity contribution is 0.669. The third-order valence-corrected chi connectivity index (χ3v) is 12.2. The van der Waals surface area contributed by atoms with Gasteiger partial charge in [-0.2, -0.15) is 0 Å². The van der Waals surface area contributed by atoms with Gasteiger partial charge in [0.2, 0.25) is 0 Å². The molecule has 3 nitrogen and oxygen atoms in total. The van der Waals surface area contributed by atoms with Crippen molar-refractivity contribution in [3.05, 3.63) is 231 Å². The van der Waals surface area contributed by atoms with Crippen LogP contribution >= 0.6 is 0 Å². The van der Waals surface area contributed by atoms with E-state index in [9.17, 15) is 0 Å². The molecule has 2 heterocycles. The minimum absolute atomic E-state index is 0.874. The van der Waals surface area contributed by atoms with E-state index in [0.717, 1.165) is 55.8 Å². The number of aromatic nitrogens is 1. The first-order valence-corrected chi connectivity index (χ1v) is 20.8. The molecule has 2 aromatic heterocycles. The first-order chi connectivity index (χ1) is 30.3. The summed E-state index contributed by atoms with van der Waals surface area (Å²) in [5.74, 6) is 0. The van der Waals surface area contributed by atoms with Crippen LogP contribution in [0, 0.1) is 0 Å². The molecule has 61 heavy (non-hydrogen) atoms. The van der Waals surface area contributed by atoms with Crippen LogP contribution in [0.15, 0.2) is 235 Å². The summed E-state index contributed by atoms with van der Waals surface area (Å²) >= 11 is 0. The molecule has 0 atom stereocenters. The van der Waals surface area contributed by atoms with Crippen LogP contribution in [0.3, 0.4) is 0 Å².